The molecule has 3 saturated heterocycles. The summed E-state index contributed by atoms with van der Waals surface area (Å²) in [5, 5.41) is 3.14. The van der Waals surface area contributed by atoms with Crippen LogP contribution in [0.4, 0.5) is 5.82 Å². The highest BCUT2D eigenvalue weighted by atomic mass is 16.5. The highest BCUT2D eigenvalue weighted by Gasteiger charge is 2.63. The highest BCUT2D eigenvalue weighted by Crippen LogP contribution is 2.55. The van der Waals surface area contributed by atoms with Gasteiger partial charge in [0, 0.05) is 44.0 Å². The number of nitrogens with zero attached hydrogens (tertiary/aromatic N) is 3. The third kappa shape index (κ3) is 3.38. The van der Waals surface area contributed by atoms with Gasteiger partial charge in [-0.15, -0.1) is 0 Å². The van der Waals surface area contributed by atoms with Crippen LogP contribution in [0, 0.1) is 17.8 Å². The molecule has 0 unspecified atom stereocenters. The van der Waals surface area contributed by atoms with Crippen LogP contribution in [0.1, 0.15) is 33.1 Å². The number of carbonyl (C=O) groups excluding carboxylic acids is 1. The Kier molecular flexibility index (Phi) is 5.07. The van der Waals surface area contributed by atoms with Crippen LogP contribution in [0.25, 0.3) is 0 Å². The van der Waals surface area contributed by atoms with E-state index in [4.69, 9.17) is 14.2 Å². The summed E-state index contributed by atoms with van der Waals surface area (Å²) < 4.78 is 17.0. The molecule has 2 bridgehead atoms. The van der Waals surface area contributed by atoms with Crippen molar-refractivity contribution in [1.82, 2.24) is 15.3 Å². The maximum Gasteiger partial charge on any atom is 0.321 e. The molecule has 4 heterocycles. The van der Waals surface area contributed by atoms with Crippen molar-refractivity contribution < 1.29 is 19.0 Å². The lowest BCUT2D eigenvalue weighted by Crippen LogP contribution is -2.42. The zero-order valence-electron chi connectivity index (χ0n) is 17.1. The number of amides is 1. The van der Waals surface area contributed by atoms with E-state index in [9.17, 15) is 4.79 Å². The van der Waals surface area contributed by atoms with Crippen LogP contribution in [0.3, 0.4) is 0 Å². The fraction of sp³-hybridized carbons (Fsp3) is 0.750. The highest BCUT2D eigenvalue weighted by molar-refractivity contribution is 5.76. The van der Waals surface area contributed by atoms with Crippen molar-refractivity contribution in [2.45, 2.75) is 44.8 Å². The van der Waals surface area contributed by atoms with Gasteiger partial charge in [-0.1, -0.05) is 13.8 Å². The van der Waals surface area contributed by atoms with E-state index in [1.807, 2.05) is 6.07 Å². The first-order valence-electron chi connectivity index (χ1n) is 10.1. The average molecular weight is 390 g/mol. The summed E-state index contributed by atoms with van der Waals surface area (Å²) in [5.41, 5.74) is -0.135. The second kappa shape index (κ2) is 7.39. The van der Waals surface area contributed by atoms with E-state index in [0.717, 1.165) is 31.7 Å². The Balaban J connectivity index is 1.48. The Labute approximate surface area is 166 Å². The van der Waals surface area contributed by atoms with E-state index >= 15 is 0 Å². The van der Waals surface area contributed by atoms with Crippen LogP contribution in [0.2, 0.25) is 0 Å². The van der Waals surface area contributed by atoms with Crippen LogP contribution in [-0.2, 0) is 9.53 Å². The number of hydrogen-bond donors (Lipinski definition) is 1. The van der Waals surface area contributed by atoms with Crippen LogP contribution >= 0.6 is 0 Å². The van der Waals surface area contributed by atoms with Crippen molar-refractivity contribution >= 4 is 11.7 Å². The van der Waals surface area contributed by atoms with Crippen molar-refractivity contribution in [2.24, 2.45) is 17.8 Å². The molecule has 1 aromatic rings. The molecule has 28 heavy (non-hydrogen) atoms. The zero-order valence-corrected chi connectivity index (χ0v) is 17.1. The van der Waals surface area contributed by atoms with E-state index in [-0.39, 0.29) is 17.6 Å². The lowest BCUT2D eigenvalue weighted by molar-refractivity contribution is -0.122. The number of carbonyl (C=O) groups is 1. The summed E-state index contributed by atoms with van der Waals surface area (Å²) in [5.74, 6) is 2.51. The zero-order chi connectivity index (χ0) is 19.9. The number of aromatic nitrogens is 2. The van der Waals surface area contributed by atoms with Crippen molar-refractivity contribution in [3.8, 4) is 11.9 Å². The molecule has 1 amide bonds. The number of hydrogen-bond acceptors (Lipinski definition) is 7. The molecule has 0 saturated carbocycles. The molecule has 4 rings (SSSR count). The molecule has 3 aliphatic rings. The van der Waals surface area contributed by atoms with Crippen LogP contribution in [0.5, 0.6) is 11.9 Å². The average Bonchev–Trinajstić information content (AvgIpc) is 3.33. The van der Waals surface area contributed by atoms with Crippen LogP contribution in [-0.4, -0.2) is 61.4 Å². The quantitative estimate of drug-likeness (QED) is 0.757. The fourth-order valence-electron chi connectivity index (χ4n) is 5.06. The Bertz CT molecular complexity index is 721. The summed E-state index contributed by atoms with van der Waals surface area (Å²) in [7, 11) is 3.14. The second-order valence-electron chi connectivity index (χ2n) is 8.57. The number of rotatable bonds is 7. The topological polar surface area (TPSA) is 85.8 Å². The standard InChI is InChI=1S/C20H30N4O4/c1-12(2)7-17(25)21-9-13-14-10-24(11-20(14)6-5-15(13)28-20)16-8-18(26-3)23-19(22-16)27-4/h8,12-15H,5-7,9-11H2,1-4H3,(H,21,25)/t13-,14+,15+,20+/m0/s1. The maximum absolute atomic E-state index is 12.1. The van der Waals surface area contributed by atoms with Gasteiger partial charge >= 0.3 is 6.01 Å². The minimum atomic E-state index is -0.135. The Morgan fingerprint density at radius 2 is 2.21 bits per heavy atom. The number of methoxy groups -OCH3 is 2. The van der Waals surface area contributed by atoms with E-state index in [1.54, 1.807) is 14.2 Å². The minimum absolute atomic E-state index is 0.131. The summed E-state index contributed by atoms with van der Waals surface area (Å²) in [4.78, 5) is 23.1. The lowest BCUT2D eigenvalue weighted by atomic mass is 9.73. The predicted octanol–water partition coefficient (Wildman–Crippen LogP) is 1.64. The molecule has 3 fully saturated rings. The number of anilines is 1. The Morgan fingerprint density at radius 1 is 1.39 bits per heavy atom. The van der Waals surface area contributed by atoms with Gasteiger partial charge in [0.25, 0.3) is 0 Å². The van der Waals surface area contributed by atoms with E-state index in [1.165, 1.54) is 0 Å². The fourth-order valence-corrected chi connectivity index (χ4v) is 5.06. The SMILES string of the molecule is COc1cc(N2C[C@@H]3[C@H](CNC(=O)CC(C)C)[C@H]4CC[C@]3(C2)O4)nc(OC)n1. The van der Waals surface area contributed by atoms with Gasteiger partial charge in [-0.2, -0.15) is 9.97 Å². The molecule has 0 aromatic carbocycles. The molecule has 0 radical (unpaired) electrons. The van der Waals surface area contributed by atoms with Crippen molar-refractivity contribution in [2.75, 3.05) is 38.8 Å². The van der Waals surface area contributed by atoms with E-state index in [0.29, 0.717) is 42.6 Å². The van der Waals surface area contributed by atoms with E-state index in [2.05, 4.69) is 34.0 Å². The molecule has 154 valence electrons. The summed E-state index contributed by atoms with van der Waals surface area (Å²) in [6.07, 6.45) is 2.95. The monoisotopic (exact) mass is 390 g/mol. The van der Waals surface area contributed by atoms with Crippen LogP contribution < -0.4 is 19.7 Å². The smallest absolute Gasteiger partial charge is 0.321 e. The van der Waals surface area contributed by atoms with Crippen molar-refractivity contribution in [3.05, 3.63) is 6.07 Å². The van der Waals surface area contributed by atoms with E-state index < -0.39 is 0 Å². The molecule has 3 aliphatic heterocycles. The molecule has 8 heteroatoms. The maximum atomic E-state index is 12.1. The Morgan fingerprint density at radius 3 is 2.93 bits per heavy atom. The molecule has 1 aromatic heterocycles. The first-order chi connectivity index (χ1) is 13.4. The Hall–Kier alpha value is -2.09. The predicted molar refractivity (Wildman–Crippen MR) is 104 cm³/mol. The third-order valence-corrected chi connectivity index (χ3v) is 6.30. The third-order valence-electron chi connectivity index (χ3n) is 6.30. The minimum Gasteiger partial charge on any atom is -0.481 e. The summed E-state index contributed by atoms with van der Waals surface area (Å²) in [6.45, 7) is 6.47. The van der Waals surface area contributed by atoms with Crippen molar-refractivity contribution in [1.29, 1.82) is 0 Å². The normalized spacial score (nSPS) is 30.6. The second-order valence-corrected chi connectivity index (χ2v) is 8.57. The van der Waals surface area contributed by atoms with Crippen molar-refractivity contribution in [3.63, 3.8) is 0 Å². The molecule has 4 atom stereocenters. The first kappa shape index (κ1) is 19.2. The summed E-state index contributed by atoms with van der Waals surface area (Å²) >= 11 is 0. The largest absolute Gasteiger partial charge is 0.481 e. The number of nitrogens with one attached hydrogen (secondary N) is 1. The van der Waals surface area contributed by atoms with Gasteiger partial charge < -0.3 is 24.4 Å². The molecule has 1 spiro atoms. The van der Waals surface area contributed by atoms with Gasteiger partial charge in [0.1, 0.15) is 5.82 Å². The van der Waals surface area contributed by atoms with Gasteiger partial charge in [-0.3, -0.25) is 4.79 Å². The van der Waals surface area contributed by atoms with Gasteiger partial charge in [0.15, 0.2) is 0 Å². The number of fused-ring (bicyclic) bond motifs is 1. The van der Waals surface area contributed by atoms with Gasteiger partial charge in [0.05, 0.1) is 25.9 Å². The lowest BCUT2D eigenvalue weighted by Gasteiger charge is -2.29. The molecule has 1 N–H and O–H groups in total. The van der Waals surface area contributed by atoms with Gasteiger partial charge in [-0.25, -0.2) is 0 Å². The number of ether oxygens (including phenoxy) is 3. The molecule has 8 nitrogen and oxygen atoms in total. The summed E-state index contributed by atoms with van der Waals surface area (Å²) in [6, 6.07) is 2.14. The molecule has 0 aliphatic carbocycles. The first-order valence-corrected chi connectivity index (χ1v) is 10.1. The van der Waals surface area contributed by atoms with Gasteiger partial charge in [-0.05, 0) is 18.8 Å². The van der Waals surface area contributed by atoms with Crippen LogP contribution in [0.15, 0.2) is 6.07 Å². The molecular weight excluding hydrogens is 360 g/mol. The molecular formula is C20H30N4O4. The van der Waals surface area contributed by atoms with Gasteiger partial charge in [0.2, 0.25) is 11.8 Å².